The van der Waals surface area contributed by atoms with Crippen molar-refractivity contribution >= 4 is 28.6 Å². The van der Waals surface area contributed by atoms with Gasteiger partial charge in [0.15, 0.2) is 0 Å². The maximum atomic E-state index is 6.49. The minimum absolute atomic E-state index is 0.115. The number of fused-ring (bicyclic) bond motifs is 1. The van der Waals surface area contributed by atoms with Crippen molar-refractivity contribution in [2.24, 2.45) is 17.8 Å². The number of aromatic nitrogens is 3. The second-order valence-corrected chi connectivity index (χ2v) is 11.5. The fraction of sp³-hybridized carbons (Fsp3) is 0.586. The third-order valence-electron chi connectivity index (χ3n) is 8.47. The zero-order chi connectivity index (χ0) is 24.5. The van der Waals surface area contributed by atoms with Gasteiger partial charge in [-0.2, -0.15) is 4.98 Å². The summed E-state index contributed by atoms with van der Waals surface area (Å²) in [5.74, 6) is 3.70. The van der Waals surface area contributed by atoms with Crippen LogP contribution in [0.3, 0.4) is 0 Å². The van der Waals surface area contributed by atoms with Gasteiger partial charge in [-0.25, -0.2) is 4.98 Å². The molecule has 192 valence electrons. The largest absolute Gasteiger partial charge is 0.476 e. The Morgan fingerprint density at radius 2 is 1.83 bits per heavy atom. The number of nitrogens with zero attached hydrogens (tertiary/aromatic N) is 4. The van der Waals surface area contributed by atoms with Crippen LogP contribution in [0, 0.1) is 17.8 Å². The highest BCUT2D eigenvalue weighted by Gasteiger charge is 2.32. The molecule has 1 aromatic carbocycles. The number of benzene rings is 1. The maximum absolute atomic E-state index is 6.49. The highest BCUT2D eigenvalue weighted by Crippen LogP contribution is 2.39. The minimum Gasteiger partial charge on any atom is -0.476 e. The Kier molecular flexibility index (Phi) is 7.07. The van der Waals surface area contributed by atoms with Crippen LogP contribution < -0.4 is 9.64 Å². The Hall–Kier alpha value is -2.31. The van der Waals surface area contributed by atoms with Gasteiger partial charge in [0.2, 0.25) is 11.8 Å². The summed E-state index contributed by atoms with van der Waals surface area (Å²) in [6, 6.07) is 12.7. The predicted octanol–water partition coefficient (Wildman–Crippen LogP) is 6.67. The topological polar surface area (TPSA) is 52.4 Å². The van der Waals surface area contributed by atoms with Crippen molar-refractivity contribution < 1.29 is 9.47 Å². The summed E-state index contributed by atoms with van der Waals surface area (Å²) in [4.78, 5) is 12.3. The van der Waals surface area contributed by atoms with Crippen LogP contribution in [0.2, 0.25) is 5.15 Å². The molecule has 0 unspecified atom stereocenters. The maximum Gasteiger partial charge on any atom is 0.241 e. The van der Waals surface area contributed by atoms with E-state index in [0.29, 0.717) is 42.7 Å². The molecule has 6 nitrogen and oxygen atoms in total. The van der Waals surface area contributed by atoms with E-state index in [1.165, 1.54) is 50.5 Å². The van der Waals surface area contributed by atoms with Gasteiger partial charge in [0, 0.05) is 19.2 Å². The van der Waals surface area contributed by atoms with Crippen LogP contribution in [0.4, 0.5) is 5.95 Å². The van der Waals surface area contributed by atoms with Crippen LogP contribution in [0.15, 0.2) is 36.4 Å². The molecule has 3 aliphatic rings. The summed E-state index contributed by atoms with van der Waals surface area (Å²) in [6.45, 7) is 6.15. The first kappa shape index (κ1) is 24.1. The molecule has 3 heterocycles. The number of anilines is 1. The smallest absolute Gasteiger partial charge is 0.241 e. The van der Waals surface area contributed by atoms with Crippen LogP contribution in [-0.4, -0.2) is 40.9 Å². The number of hydrogen-bond acceptors (Lipinski definition) is 5. The molecule has 1 atom stereocenters. The molecule has 2 aliphatic carbocycles. The Bertz CT molecular complexity index is 1170. The summed E-state index contributed by atoms with van der Waals surface area (Å²) in [7, 11) is 0. The van der Waals surface area contributed by atoms with Crippen LogP contribution in [0.1, 0.15) is 63.5 Å². The molecule has 0 radical (unpaired) electrons. The van der Waals surface area contributed by atoms with Crippen LogP contribution in [0.25, 0.3) is 11.0 Å². The van der Waals surface area contributed by atoms with Crippen LogP contribution >= 0.6 is 11.6 Å². The van der Waals surface area contributed by atoms with Gasteiger partial charge < -0.3 is 18.9 Å². The van der Waals surface area contributed by atoms with Gasteiger partial charge in [-0.3, -0.25) is 0 Å². The molecule has 1 aliphatic heterocycles. The molecule has 0 N–H and O–H groups in total. The lowest BCUT2D eigenvalue weighted by Crippen LogP contribution is -2.41. The summed E-state index contributed by atoms with van der Waals surface area (Å²) in [5, 5.41) is 0.440. The first-order chi connectivity index (χ1) is 17.7. The van der Waals surface area contributed by atoms with Crippen LogP contribution in [-0.2, 0) is 11.3 Å². The number of rotatable bonds is 7. The number of hydrogen-bond donors (Lipinski definition) is 0. The molecule has 7 heteroatoms. The Morgan fingerprint density at radius 1 is 1.03 bits per heavy atom. The first-order valence-electron chi connectivity index (χ1n) is 13.7. The summed E-state index contributed by atoms with van der Waals surface area (Å²) in [6.07, 6.45) is 8.88. The predicted molar refractivity (Wildman–Crippen MR) is 144 cm³/mol. The highest BCUT2D eigenvalue weighted by molar-refractivity contribution is 6.30. The lowest BCUT2D eigenvalue weighted by atomic mass is 9.83. The summed E-state index contributed by atoms with van der Waals surface area (Å²) in [5.41, 5.74) is 3.11. The lowest BCUT2D eigenvalue weighted by molar-refractivity contribution is 0.0927. The fourth-order valence-electron chi connectivity index (χ4n) is 5.99. The monoisotopic (exact) mass is 508 g/mol. The molecule has 6 rings (SSSR count). The summed E-state index contributed by atoms with van der Waals surface area (Å²) >= 11 is 6.49. The molecule has 3 aromatic rings. The molecule has 0 amide bonds. The van der Waals surface area contributed by atoms with Crippen molar-refractivity contribution in [3.63, 3.8) is 0 Å². The lowest BCUT2D eigenvalue weighted by Gasteiger charge is -2.37. The number of ether oxygens (including phenoxy) is 2. The van der Waals surface area contributed by atoms with Crippen molar-refractivity contribution in [3.8, 4) is 5.88 Å². The molecule has 0 spiro atoms. The van der Waals surface area contributed by atoms with E-state index in [-0.39, 0.29) is 6.04 Å². The normalized spacial score (nSPS) is 25.2. The fourth-order valence-corrected chi connectivity index (χ4v) is 6.17. The third-order valence-corrected chi connectivity index (χ3v) is 8.66. The van der Waals surface area contributed by atoms with Gasteiger partial charge in [0.05, 0.1) is 31.4 Å². The molecule has 1 saturated heterocycles. The first-order valence-corrected chi connectivity index (χ1v) is 14.1. The number of morpholine rings is 1. The van der Waals surface area contributed by atoms with Gasteiger partial charge in [0.25, 0.3) is 0 Å². The number of imidazole rings is 1. The van der Waals surface area contributed by atoms with E-state index in [0.717, 1.165) is 36.0 Å². The van der Waals surface area contributed by atoms with E-state index >= 15 is 0 Å². The molecule has 0 bridgehead atoms. The third kappa shape index (κ3) is 4.95. The van der Waals surface area contributed by atoms with E-state index in [1.54, 1.807) is 0 Å². The van der Waals surface area contributed by atoms with E-state index in [1.807, 2.05) is 6.07 Å². The minimum atomic E-state index is 0.115. The quantitative estimate of drug-likeness (QED) is 0.334. The van der Waals surface area contributed by atoms with Gasteiger partial charge in [-0.05, 0) is 49.0 Å². The summed E-state index contributed by atoms with van der Waals surface area (Å²) < 4.78 is 14.7. The number of pyridine rings is 1. The Balaban J connectivity index is 1.42. The second kappa shape index (κ2) is 10.6. The van der Waals surface area contributed by atoms with Crippen LogP contribution in [0.5, 0.6) is 5.88 Å². The van der Waals surface area contributed by atoms with E-state index < -0.39 is 0 Å². The zero-order valence-corrected chi connectivity index (χ0v) is 22.0. The van der Waals surface area contributed by atoms with Crippen molar-refractivity contribution in [1.29, 1.82) is 0 Å². The van der Waals surface area contributed by atoms with Gasteiger partial charge in [-0.1, -0.05) is 68.1 Å². The molecular weight excluding hydrogens is 472 g/mol. The average Bonchev–Trinajstić information content (AvgIpc) is 3.22. The molecular formula is C29H37ClN4O2. The van der Waals surface area contributed by atoms with Crippen molar-refractivity contribution in [3.05, 3.63) is 47.1 Å². The standard InChI is InChI=1S/C29H37ClN4O2/c1-20-10-12-21(13-11-20)17-34-27-24(16-26(30)32-28(27)36-18-22-6-5-7-22)31-29(34)33-14-15-35-19-25(33)23-8-3-2-4-9-23/h2-4,8-9,16,20-22,25H,5-7,10-15,17-19H2,1H3/t20?,21?,25-/m0/s1. The van der Waals surface area contributed by atoms with Gasteiger partial charge in [0.1, 0.15) is 10.7 Å². The number of halogens is 1. The van der Waals surface area contributed by atoms with E-state index in [4.69, 9.17) is 26.1 Å². The molecule has 2 aromatic heterocycles. The Labute approximate surface area is 219 Å². The van der Waals surface area contributed by atoms with Gasteiger partial charge in [-0.15, -0.1) is 0 Å². The molecule has 2 saturated carbocycles. The second-order valence-electron chi connectivity index (χ2n) is 11.1. The van der Waals surface area contributed by atoms with Gasteiger partial charge >= 0.3 is 0 Å². The molecule has 36 heavy (non-hydrogen) atoms. The van der Waals surface area contributed by atoms with E-state index in [2.05, 4.69) is 51.7 Å². The Morgan fingerprint density at radius 3 is 2.58 bits per heavy atom. The van der Waals surface area contributed by atoms with Crippen molar-refractivity contribution in [1.82, 2.24) is 14.5 Å². The van der Waals surface area contributed by atoms with Crippen molar-refractivity contribution in [2.75, 3.05) is 31.3 Å². The van der Waals surface area contributed by atoms with Crippen molar-refractivity contribution in [2.45, 2.75) is 64.5 Å². The average molecular weight is 509 g/mol. The highest BCUT2D eigenvalue weighted by atomic mass is 35.5. The zero-order valence-electron chi connectivity index (χ0n) is 21.2. The molecule has 3 fully saturated rings. The SMILES string of the molecule is CC1CCC(Cn2c(N3CCOC[C@H]3c3ccccc3)nc3cc(Cl)nc(OCC4CCC4)c32)CC1. The van der Waals surface area contributed by atoms with E-state index in [9.17, 15) is 0 Å².